The topological polar surface area (TPSA) is 72.2 Å². The number of benzene rings is 1. The summed E-state index contributed by atoms with van der Waals surface area (Å²) < 4.78 is 22.9. The second-order valence-corrected chi connectivity index (χ2v) is 7.38. The molecule has 0 fully saturated rings. The van der Waals surface area contributed by atoms with Crippen LogP contribution >= 0.6 is 11.3 Å². The lowest BCUT2D eigenvalue weighted by atomic mass is 10.2. The molecule has 1 aromatic heterocycles. The van der Waals surface area contributed by atoms with E-state index in [-0.39, 0.29) is 4.90 Å². The highest BCUT2D eigenvalue weighted by molar-refractivity contribution is 7.89. The van der Waals surface area contributed by atoms with Gasteiger partial charge in [-0.05, 0) is 43.2 Å². The summed E-state index contributed by atoms with van der Waals surface area (Å²) in [5.41, 5.74) is 1.41. The summed E-state index contributed by atoms with van der Waals surface area (Å²) in [7, 11) is -3.68. The van der Waals surface area contributed by atoms with Crippen LogP contribution in [0.15, 0.2) is 35.2 Å². The van der Waals surface area contributed by atoms with Gasteiger partial charge in [-0.25, -0.2) is 13.6 Å². The molecule has 0 saturated heterocycles. The van der Waals surface area contributed by atoms with Crippen molar-refractivity contribution in [1.82, 2.24) is 0 Å². The molecule has 6 heteroatoms. The Morgan fingerprint density at radius 2 is 1.90 bits per heavy atom. The van der Waals surface area contributed by atoms with Crippen LogP contribution in [0.4, 0.5) is 5.69 Å². The highest BCUT2D eigenvalue weighted by atomic mass is 32.2. The van der Waals surface area contributed by atoms with Crippen molar-refractivity contribution in [3.63, 3.8) is 0 Å². The van der Waals surface area contributed by atoms with Crippen molar-refractivity contribution in [2.75, 3.05) is 5.32 Å². The molecule has 3 N–H and O–H groups in total. The molecule has 0 unspecified atom stereocenters. The Morgan fingerprint density at radius 1 is 1.20 bits per heavy atom. The Balaban J connectivity index is 2.14. The highest BCUT2D eigenvalue weighted by Crippen LogP contribution is 2.21. The number of nitrogens with one attached hydrogen (secondary N) is 1. The van der Waals surface area contributed by atoms with Crippen molar-refractivity contribution in [1.29, 1.82) is 0 Å². The Kier molecular flexibility index (Phi) is 4.47. The van der Waals surface area contributed by atoms with Gasteiger partial charge < -0.3 is 5.32 Å². The molecule has 0 saturated carbocycles. The van der Waals surface area contributed by atoms with E-state index in [2.05, 4.69) is 24.4 Å². The lowest BCUT2D eigenvalue weighted by Crippen LogP contribution is -2.14. The van der Waals surface area contributed by atoms with E-state index in [0.29, 0.717) is 12.1 Å². The quantitative estimate of drug-likeness (QED) is 0.892. The van der Waals surface area contributed by atoms with E-state index in [1.54, 1.807) is 30.4 Å². The molecule has 0 spiro atoms. The van der Waals surface area contributed by atoms with Crippen LogP contribution in [0.2, 0.25) is 0 Å². The molecule has 0 aliphatic carbocycles. The number of hydrogen-bond donors (Lipinski definition) is 2. The Labute approximate surface area is 123 Å². The standard InChI is InChI=1S/C14H18N2O2S2/c1-3-12-6-7-13(19-12)9-16-11-5-4-10(2)14(8-11)20(15,17)18/h4-8,16H,3,9H2,1-2H3,(H2,15,17,18). The first-order chi connectivity index (χ1) is 9.40. The van der Waals surface area contributed by atoms with Gasteiger partial charge in [0.25, 0.3) is 0 Å². The molecule has 2 rings (SSSR count). The van der Waals surface area contributed by atoms with Crippen LogP contribution in [0.3, 0.4) is 0 Å². The number of anilines is 1. The monoisotopic (exact) mass is 310 g/mol. The van der Waals surface area contributed by atoms with Crippen molar-refractivity contribution in [2.24, 2.45) is 5.14 Å². The molecule has 0 atom stereocenters. The van der Waals surface area contributed by atoms with E-state index in [4.69, 9.17) is 5.14 Å². The Morgan fingerprint density at radius 3 is 2.50 bits per heavy atom. The Bertz CT molecular complexity index is 706. The third-order valence-electron chi connectivity index (χ3n) is 3.03. The number of thiophene rings is 1. The first-order valence-electron chi connectivity index (χ1n) is 6.35. The van der Waals surface area contributed by atoms with Crippen LogP contribution in [0.25, 0.3) is 0 Å². The lowest BCUT2D eigenvalue weighted by Gasteiger charge is -2.09. The lowest BCUT2D eigenvalue weighted by molar-refractivity contribution is 0.597. The number of nitrogens with two attached hydrogens (primary N) is 1. The van der Waals surface area contributed by atoms with Crippen molar-refractivity contribution >= 4 is 27.0 Å². The van der Waals surface area contributed by atoms with Gasteiger partial charge in [0.15, 0.2) is 0 Å². The molecule has 0 radical (unpaired) electrons. The maximum atomic E-state index is 11.5. The molecule has 1 aromatic carbocycles. The molecular weight excluding hydrogens is 292 g/mol. The highest BCUT2D eigenvalue weighted by Gasteiger charge is 2.12. The van der Waals surface area contributed by atoms with Gasteiger partial charge in [0.2, 0.25) is 10.0 Å². The molecule has 1 heterocycles. The zero-order chi connectivity index (χ0) is 14.8. The third kappa shape index (κ3) is 3.59. The molecule has 0 aliphatic heterocycles. The van der Waals surface area contributed by atoms with E-state index in [1.807, 2.05) is 6.07 Å². The second-order valence-electron chi connectivity index (χ2n) is 4.60. The van der Waals surface area contributed by atoms with E-state index >= 15 is 0 Å². The molecule has 0 aliphatic rings. The van der Waals surface area contributed by atoms with E-state index in [9.17, 15) is 8.42 Å². The van der Waals surface area contributed by atoms with Crippen LogP contribution in [-0.2, 0) is 23.0 Å². The van der Waals surface area contributed by atoms with Gasteiger partial charge in [0.1, 0.15) is 0 Å². The first-order valence-corrected chi connectivity index (χ1v) is 8.71. The normalized spacial score (nSPS) is 11.6. The fourth-order valence-electron chi connectivity index (χ4n) is 1.91. The predicted molar refractivity (Wildman–Crippen MR) is 83.6 cm³/mol. The third-order valence-corrected chi connectivity index (χ3v) is 5.31. The van der Waals surface area contributed by atoms with Crippen LogP contribution in [0.1, 0.15) is 22.2 Å². The second kappa shape index (κ2) is 5.95. The summed E-state index contributed by atoms with van der Waals surface area (Å²) in [4.78, 5) is 2.73. The van der Waals surface area contributed by atoms with Crippen LogP contribution in [0, 0.1) is 6.92 Å². The summed E-state index contributed by atoms with van der Waals surface area (Å²) in [5.74, 6) is 0. The van der Waals surface area contributed by atoms with Gasteiger partial charge in [0.05, 0.1) is 4.90 Å². The van der Waals surface area contributed by atoms with Gasteiger partial charge in [-0.15, -0.1) is 11.3 Å². The largest absolute Gasteiger partial charge is 0.380 e. The summed E-state index contributed by atoms with van der Waals surface area (Å²) >= 11 is 1.76. The van der Waals surface area contributed by atoms with Crippen LogP contribution in [0.5, 0.6) is 0 Å². The van der Waals surface area contributed by atoms with Gasteiger partial charge in [-0.2, -0.15) is 0 Å². The summed E-state index contributed by atoms with van der Waals surface area (Å²) in [5, 5.41) is 8.43. The van der Waals surface area contributed by atoms with Gasteiger partial charge in [-0.3, -0.25) is 0 Å². The minimum atomic E-state index is -3.68. The zero-order valence-corrected chi connectivity index (χ0v) is 13.1. The van der Waals surface area contributed by atoms with Gasteiger partial charge in [-0.1, -0.05) is 13.0 Å². The molecule has 2 aromatic rings. The zero-order valence-electron chi connectivity index (χ0n) is 11.5. The average molecular weight is 310 g/mol. The van der Waals surface area contributed by atoms with Crippen LogP contribution in [-0.4, -0.2) is 8.42 Å². The molecule has 0 bridgehead atoms. The summed E-state index contributed by atoms with van der Waals surface area (Å²) in [6.45, 7) is 4.54. The number of primary sulfonamides is 1. The van der Waals surface area contributed by atoms with Crippen LogP contribution < -0.4 is 10.5 Å². The number of rotatable bonds is 5. The Hall–Kier alpha value is -1.37. The summed E-state index contributed by atoms with van der Waals surface area (Å²) in [6, 6.07) is 9.41. The summed E-state index contributed by atoms with van der Waals surface area (Å²) in [6.07, 6.45) is 1.03. The number of sulfonamides is 1. The first kappa shape index (κ1) is 15.0. The number of hydrogen-bond acceptors (Lipinski definition) is 4. The van der Waals surface area contributed by atoms with Gasteiger partial charge in [0, 0.05) is 22.0 Å². The van der Waals surface area contributed by atoms with E-state index in [1.165, 1.54) is 9.75 Å². The van der Waals surface area contributed by atoms with Crippen molar-refractivity contribution < 1.29 is 8.42 Å². The fraction of sp³-hybridized carbons (Fsp3) is 0.286. The molecule has 20 heavy (non-hydrogen) atoms. The smallest absolute Gasteiger partial charge is 0.238 e. The minimum Gasteiger partial charge on any atom is -0.380 e. The maximum absolute atomic E-state index is 11.5. The fourth-order valence-corrected chi connectivity index (χ4v) is 3.62. The minimum absolute atomic E-state index is 0.169. The maximum Gasteiger partial charge on any atom is 0.238 e. The van der Waals surface area contributed by atoms with Gasteiger partial charge >= 0.3 is 0 Å². The number of aryl methyl sites for hydroxylation is 2. The molecule has 108 valence electrons. The average Bonchev–Trinajstić information content (AvgIpc) is 2.84. The van der Waals surface area contributed by atoms with Crippen molar-refractivity contribution in [3.8, 4) is 0 Å². The van der Waals surface area contributed by atoms with Crippen molar-refractivity contribution in [3.05, 3.63) is 45.6 Å². The SMILES string of the molecule is CCc1ccc(CNc2ccc(C)c(S(N)(=O)=O)c2)s1. The predicted octanol–water partition coefficient (Wildman–Crippen LogP) is 2.88. The van der Waals surface area contributed by atoms with E-state index < -0.39 is 10.0 Å². The van der Waals surface area contributed by atoms with E-state index in [0.717, 1.165) is 12.1 Å². The molecule has 0 amide bonds. The van der Waals surface area contributed by atoms with Crippen molar-refractivity contribution in [2.45, 2.75) is 31.7 Å². The molecular formula is C14H18N2O2S2. The molecule has 4 nitrogen and oxygen atoms in total.